The molecule has 0 spiro atoms. The van der Waals surface area contributed by atoms with Crippen LogP contribution in [0.5, 0.6) is 0 Å². The molecule has 0 heterocycles. The molecular weight excluding hydrogens is 403 g/mol. The first-order valence-corrected chi connectivity index (χ1v) is 9.41. The molecule has 0 saturated heterocycles. The molecule has 7 nitrogen and oxygen atoms in total. The molecule has 30 heavy (non-hydrogen) atoms. The number of urea groups is 1. The Hall–Kier alpha value is -2.78. The Morgan fingerprint density at radius 1 is 1.07 bits per heavy atom. The molecule has 1 atom stereocenters. The van der Waals surface area contributed by atoms with Crippen molar-refractivity contribution in [3.05, 3.63) is 29.8 Å². The average Bonchev–Trinajstić information content (AvgIpc) is 2.57. The van der Waals surface area contributed by atoms with Crippen LogP contribution in [0, 0.1) is 5.92 Å². The third kappa shape index (κ3) is 9.15. The lowest BCUT2D eigenvalue weighted by molar-refractivity contribution is -0.154. The lowest BCUT2D eigenvalue weighted by Crippen LogP contribution is -2.51. The molecule has 0 bridgehead atoms. The zero-order valence-corrected chi connectivity index (χ0v) is 17.6. The van der Waals surface area contributed by atoms with Crippen LogP contribution in [0.1, 0.15) is 46.6 Å². The number of nitrogens with one attached hydrogen (secondary N) is 3. The zero-order valence-electron chi connectivity index (χ0n) is 17.6. The van der Waals surface area contributed by atoms with Gasteiger partial charge in [-0.25, -0.2) is 4.79 Å². The van der Waals surface area contributed by atoms with Crippen LogP contribution in [-0.2, 0) is 20.5 Å². The largest absolute Gasteiger partial charge is 0.458 e. The number of amides is 3. The second-order valence-corrected chi connectivity index (χ2v) is 7.93. The summed E-state index contributed by atoms with van der Waals surface area (Å²) in [6.45, 7) is 8.32. The number of rotatable bonds is 8. The van der Waals surface area contributed by atoms with Crippen molar-refractivity contribution in [3.63, 3.8) is 0 Å². The predicted octanol–water partition coefficient (Wildman–Crippen LogP) is 3.70. The van der Waals surface area contributed by atoms with Gasteiger partial charge in [-0.05, 0) is 50.5 Å². The first-order valence-electron chi connectivity index (χ1n) is 9.41. The van der Waals surface area contributed by atoms with Gasteiger partial charge in [0.15, 0.2) is 0 Å². The summed E-state index contributed by atoms with van der Waals surface area (Å²) in [5.41, 5.74) is -1.60. The Morgan fingerprint density at radius 2 is 1.63 bits per heavy atom. The average molecular weight is 431 g/mol. The normalized spacial score (nSPS) is 12.8. The molecule has 1 rings (SSSR count). The van der Waals surface area contributed by atoms with Crippen LogP contribution in [0.2, 0.25) is 0 Å². The molecule has 0 radical (unpaired) electrons. The van der Waals surface area contributed by atoms with E-state index < -0.39 is 41.3 Å². The molecule has 1 aromatic rings. The van der Waals surface area contributed by atoms with E-state index in [2.05, 4.69) is 16.0 Å². The van der Waals surface area contributed by atoms with E-state index in [1.165, 1.54) is 6.92 Å². The molecule has 0 aliphatic heterocycles. The van der Waals surface area contributed by atoms with Gasteiger partial charge in [0.25, 0.3) is 0 Å². The monoisotopic (exact) mass is 431 g/mol. The van der Waals surface area contributed by atoms with Gasteiger partial charge in [0.05, 0.1) is 12.1 Å². The lowest BCUT2D eigenvalue weighted by atomic mass is 10.0. The van der Waals surface area contributed by atoms with E-state index >= 15 is 0 Å². The van der Waals surface area contributed by atoms with Gasteiger partial charge in [-0.15, -0.1) is 0 Å². The van der Waals surface area contributed by atoms with Crippen LogP contribution in [0.4, 0.5) is 23.7 Å². The number of alkyl halides is 3. The third-order valence-electron chi connectivity index (χ3n) is 3.91. The zero-order chi connectivity index (χ0) is 23.1. The Kier molecular flexibility index (Phi) is 8.68. The Balaban J connectivity index is 2.73. The number of esters is 1. The van der Waals surface area contributed by atoms with Crippen molar-refractivity contribution >= 4 is 23.6 Å². The van der Waals surface area contributed by atoms with E-state index in [1.54, 1.807) is 13.8 Å². The minimum Gasteiger partial charge on any atom is -0.458 e. The van der Waals surface area contributed by atoms with Crippen molar-refractivity contribution in [1.29, 1.82) is 0 Å². The van der Waals surface area contributed by atoms with Crippen molar-refractivity contribution < 1.29 is 32.3 Å². The highest BCUT2D eigenvalue weighted by Crippen LogP contribution is 2.29. The second kappa shape index (κ2) is 10.3. The van der Waals surface area contributed by atoms with E-state index in [1.807, 2.05) is 13.8 Å². The molecule has 0 aliphatic carbocycles. The fourth-order valence-corrected chi connectivity index (χ4v) is 2.62. The third-order valence-corrected chi connectivity index (χ3v) is 3.91. The SMILES string of the molecule is CC(=O)OC(C)(C)CNC(=O)[C@H](CC(C)C)NC(=O)Nc1ccc(C(F)(F)F)cc1. The Morgan fingerprint density at radius 3 is 2.10 bits per heavy atom. The summed E-state index contributed by atoms with van der Waals surface area (Å²) >= 11 is 0. The van der Waals surface area contributed by atoms with Gasteiger partial charge in [-0.2, -0.15) is 13.2 Å². The van der Waals surface area contributed by atoms with Crippen LogP contribution in [-0.4, -0.2) is 36.1 Å². The van der Waals surface area contributed by atoms with Gasteiger partial charge < -0.3 is 20.7 Å². The molecule has 0 aliphatic rings. The minimum absolute atomic E-state index is 0.0439. The van der Waals surface area contributed by atoms with Gasteiger partial charge in [0.1, 0.15) is 11.6 Å². The minimum atomic E-state index is -4.47. The molecule has 1 aromatic carbocycles. The van der Waals surface area contributed by atoms with Crippen LogP contribution in [0.25, 0.3) is 0 Å². The maximum atomic E-state index is 12.6. The molecular formula is C20H28F3N3O4. The molecule has 168 valence electrons. The lowest BCUT2D eigenvalue weighted by Gasteiger charge is -2.27. The van der Waals surface area contributed by atoms with E-state index in [9.17, 15) is 27.6 Å². The van der Waals surface area contributed by atoms with E-state index in [-0.39, 0.29) is 18.2 Å². The number of carbonyl (C=O) groups is 3. The van der Waals surface area contributed by atoms with Gasteiger partial charge in [-0.1, -0.05) is 13.8 Å². The van der Waals surface area contributed by atoms with Crippen molar-refractivity contribution in [2.75, 3.05) is 11.9 Å². The molecule has 0 fully saturated rings. The Bertz CT molecular complexity index is 747. The molecule has 3 amide bonds. The van der Waals surface area contributed by atoms with Crippen molar-refractivity contribution in [3.8, 4) is 0 Å². The highest BCUT2D eigenvalue weighted by Gasteiger charge is 2.30. The number of carbonyl (C=O) groups excluding carboxylic acids is 3. The van der Waals surface area contributed by atoms with E-state index in [0.717, 1.165) is 24.3 Å². The summed E-state index contributed by atoms with van der Waals surface area (Å²) < 4.78 is 43.0. The highest BCUT2D eigenvalue weighted by molar-refractivity contribution is 5.93. The second-order valence-electron chi connectivity index (χ2n) is 7.93. The highest BCUT2D eigenvalue weighted by atomic mass is 19.4. The van der Waals surface area contributed by atoms with E-state index in [0.29, 0.717) is 6.42 Å². The van der Waals surface area contributed by atoms with Gasteiger partial charge >= 0.3 is 18.2 Å². The summed E-state index contributed by atoms with van der Waals surface area (Å²) in [5.74, 6) is -0.873. The molecule has 0 aromatic heterocycles. The quantitative estimate of drug-likeness (QED) is 0.547. The van der Waals surface area contributed by atoms with Crippen LogP contribution < -0.4 is 16.0 Å². The number of hydrogen-bond acceptors (Lipinski definition) is 4. The standard InChI is InChI=1S/C20H28F3N3O4/c1-12(2)10-16(17(28)24-11-19(4,5)30-13(3)27)26-18(29)25-15-8-6-14(7-9-15)20(21,22)23/h6-9,12,16H,10-11H2,1-5H3,(H,24,28)(H2,25,26,29)/t16-/m0/s1. The molecule has 0 unspecified atom stereocenters. The van der Waals surface area contributed by atoms with Crippen molar-refractivity contribution in [2.24, 2.45) is 5.92 Å². The summed E-state index contributed by atoms with van der Waals surface area (Å²) in [4.78, 5) is 35.9. The van der Waals surface area contributed by atoms with Crippen LogP contribution in [0.3, 0.4) is 0 Å². The molecule has 0 saturated carbocycles. The van der Waals surface area contributed by atoms with Crippen LogP contribution in [0.15, 0.2) is 24.3 Å². The number of benzene rings is 1. The van der Waals surface area contributed by atoms with Crippen LogP contribution >= 0.6 is 0 Å². The van der Waals surface area contributed by atoms with Crippen molar-refractivity contribution in [1.82, 2.24) is 10.6 Å². The Labute approximate surface area is 173 Å². The predicted molar refractivity (Wildman–Crippen MR) is 106 cm³/mol. The van der Waals surface area contributed by atoms with Gasteiger partial charge in [-0.3, -0.25) is 9.59 Å². The smallest absolute Gasteiger partial charge is 0.416 e. The van der Waals surface area contributed by atoms with E-state index in [4.69, 9.17) is 4.74 Å². The fourth-order valence-electron chi connectivity index (χ4n) is 2.62. The summed E-state index contributed by atoms with van der Waals surface area (Å²) in [6, 6.07) is 2.35. The first kappa shape index (κ1) is 25.3. The number of anilines is 1. The maximum Gasteiger partial charge on any atom is 0.416 e. The molecule has 10 heteroatoms. The summed E-state index contributed by atoms with van der Waals surface area (Å²) in [5, 5.41) is 7.58. The van der Waals surface area contributed by atoms with Gasteiger partial charge in [0.2, 0.25) is 5.91 Å². The number of halogens is 3. The van der Waals surface area contributed by atoms with Gasteiger partial charge in [0, 0.05) is 12.6 Å². The van der Waals surface area contributed by atoms with Crippen molar-refractivity contribution in [2.45, 2.75) is 58.9 Å². The topological polar surface area (TPSA) is 96.5 Å². The fraction of sp³-hybridized carbons (Fsp3) is 0.550. The molecule has 3 N–H and O–H groups in total. The number of hydrogen-bond donors (Lipinski definition) is 3. The first-order chi connectivity index (χ1) is 13.7. The summed E-state index contributed by atoms with van der Waals surface area (Å²) in [7, 11) is 0. The number of ether oxygens (including phenoxy) is 1. The maximum absolute atomic E-state index is 12.6. The summed E-state index contributed by atoms with van der Waals surface area (Å²) in [6.07, 6.45) is -4.14.